The number of hydrogen-bond donors (Lipinski definition) is 1. The summed E-state index contributed by atoms with van der Waals surface area (Å²) in [6.45, 7) is 3.59. The van der Waals surface area contributed by atoms with Crippen molar-refractivity contribution in [2.75, 3.05) is 13.1 Å². The molecule has 0 saturated carbocycles. The van der Waals surface area contributed by atoms with Crippen LogP contribution in [0.2, 0.25) is 0 Å². The van der Waals surface area contributed by atoms with Crippen molar-refractivity contribution in [1.82, 2.24) is 10.2 Å². The zero-order chi connectivity index (χ0) is 15.5. The van der Waals surface area contributed by atoms with E-state index in [1.807, 2.05) is 36.7 Å². The second-order valence-corrected chi connectivity index (χ2v) is 6.09. The van der Waals surface area contributed by atoms with E-state index < -0.39 is 0 Å². The highest BCUT2D eigenvalue weighted by Gasteiger charge is 2.24. The summed E-state index contributed by atoms with van der Waals surface area (Å²) in [5.74, 6) is 0.944. The lowest BCUT2D eigenvalue weighted by molar-refractivity contribution is 0.286. The fourth-order valence-corrected chi connectivity index (χ4v) is 3.21. The van der Waals surface area contributed by atoms with E-state index in [0.717, 1.165) is 31.1 Å². The third-order valence-electron chi connectivity index (χ3n) is 4.53. The van der Waals surface area contributed by atoms with Crippen LogP contribution < -0.4 is 10.1 Å². The predicted molar refractivity (Wildman–Crippen MR) is 92.2 cm³/mol. The summed E-state index contributed by atoms with van der Waals surface area (Å²) in [5.41, 5.74) is 3.40. The van der Waals surface area contributed by atoms with Crippen molar-refractivity contribution in [1.29, 1.82) is 0 Å². The Kier molecular flexibility index (Phi) is 3.99. The lowest BCUT2D eigenvalue weighted by Gasteiger charge is -2.30. The molecule has 4 nitrogen and oxygen atoms in total. The number of hydrogen-bond acceptors (Lipinski definition) is 4. The topological polar surface area (TPSA) is 36.9 Å². The van der Waals surface area contributed by atoms with E-state index in [9.17, 15) is 0 Å². The minimum Gasteiger partial charge on any atom is -0.488 e. The summed E-state index contributed by atoms with van der Waals surface area (Å²) >= 11 is 0. The van der Waals surface area contributed by atoms with Crippen LogP contribution in [-0.2, 0) is 13.2 Å². The highest BCUT2D eigenvalue weighted by molar-refractivity contribution is 5.69. The van der Waals surface area contributed by atoms with Crippen LogP contribution in [-0.4, -0.2) is 30.4 Å². The van der Waals surface area contributed by atoms with Crippen LogP contribution in [0.25, 0.3) is 0 Å². The molecular formula is C19H21N3O. The summed E-state index contributed by atoms with van der Waals surface area (Å²) in [5, 5.41) is 3.42. The fraction of sp³-hybridized carbons (Fsp3) is 0.316. The van der Waals surface area contributed by atoms with E-state index in [-0.39, 0.29) is 0 Å². The van der Waals surface area contributed by atoms with Gasteiger partial charge in [-0.15, -0.1) is 0 Å². The molecule has 0 aromatic heterocycles. The Hall–Kier alpha value is -2.33. The van der Waals surface area contributed by atoms with E-state index in [2.05, 4.69) is 33.4 Å². The normalized spacial score (nSPS) is 19.7. The zero-order valence-corrected chi connectivity index (χ0v) is 13.1. The molecule has 2 aromatic carbocycles. The van der Waals surface area contributed by atoms with Crippen LogP contribution >= 0.6 is 0 Å². The first-order valence-corrected chi connectivity index (χ1v) is 8.19. The average molecular weight is 307 g/mol. The maximum Gasteiger partial charge on any atom is 0.126 e. The Morgan fingerprint density at radius 1 is 1.13 bits per heavy atom. The van der Waals surface area contributed by atoms with Crippen molar-refractivity contribution < 1.29 is 4.74 Å². The van der Waals surface area contributed by atoms with Crippen molar-refractivity contribution in [3.63, 3.8) is 0 Å². The summed E-state index contributed by atoms with van der Waals surface area (Å²) < 4.78 is 6.09. The molecule has 4 heteroatoms. The van der Waals surface area contributed by atoms with Crippen molar-refractivity contribution in [2.24, 2.45) is 4.99 Å². The van der Waals surface area contributed by atoms with Gasteiger partial charge in [0.15, 0.2) is 0 Å². The molecule has 2 aromatic rings. The van der Waals surface area contributed by atoms with Gasteiger partial charge in [0.1, 0.15) is 12.4 Å². The fourth-order valence-electron chi connectivity index (χ4n) is 3.21. The predicted octanol–water partition coefficient (Wildman–Crippen LogP) is 3.10. The second-order valence-electron chi connectivity index (χ2n) is 6.09. The van der Waals surface area contributed by atoms with Crippen molar-refractivity contribution >= 4 is 12.0 Å². The van der Waals surface area contributed by atoms with E-state index in [1.54, 1.807) is 0 Å². The third kappa shape index (κ3) is 3.08. The van der Waals surface area contributed by atoms with Gasteiger partial charge in [-0.3, -0.25) is 0 Å². The maximum atomic E-state index is 6.09. The zero-order valence-electron chi connectivity index (χ0n) is 13.1. The molecule has 1 N–H and O–H groups in total. The van der Waals surface area contributed by atoms with Gasteiger partial charge in [0.05, 0.1) is 12.0 Å². The first kappa shape index (κ1) is 14.3. The number of rotatable bonds is 4. The largest absolute Gasteiger partial charge is 0.488 e. The van der Waals surface area contributed by atoms with Crippen LogP contribution in [0.4, 0.5) is 5.69 Å². The number of benzene rings is 2. The number of ether oxygens (including phenoxy) is 1. The molecule has 0 amide bonds. The molecule has 0 bridgehead atoms. The maximum absolute atomic E-state index is 6.09. The molecule has 1 unspecified atom stereocenters. The van der Waals surface area contributed by atoms with Crippen LogP contribution in [0, 0.1) is 0 Å². The third-order valence-corrected chi connectivity index (χ3v) is 4.53. The van der Waals surface area contributed by atoms with Gasteiger partial charge in [-0.2, -0.15) is 0 Å². The van der Waals surface area contributed by atoms with Crippen LogP contribution in [0.5, 0.6) is 5.75 Å². The molecule has 0 aliphatic carbocycles. The molecule has 2 aliphatic rings. The number of nitrogens with one attached hydrogen (secondary N) is 1. The Morgan fingerprint density at radius 3 is 2.87 bits per heavy atom. The SMILES string of the molecule is C1=Nc2cccc(OCc3ccccc3)c2CN1C1CCNC1. The summed E-state index contributed by atoms with van der Waals surface area (Å²) in [6.07, 6.45) is 3.16. The van der Waals surface area contributed by atoms with Gasteiger partial charge in [0.25, 0.3) is 0 Å². The van der Waals surface area contributed by atoms with E-state index >= 15 is 0 Å². The summed E-state index contributed by atoms with van der Waals surface area (Å²) in [6, 6.07) is 16.9. The van der Waals surface area contributed by atoms with Crippen molar-refractivity contribution in [2.45, 2.75) is 25.6 Å². The minimum atomic E-state index is 0.536. The summed E-state index contributed by atoms with van der Waals surface area (Å²) in [7, 11) is 0. The average Bonchev–Trinajstić information content (AvgIpc) is 3.15. The highest BCUT2D eigenvalue weighted by atomic mass is 16.5. The van der Waals surface area contributed by atoms with Gasteiger partial charge in [0, 0.05) is 24.7 Å². The Labute approximate surface area is 136 Å². The number of nitrogens with zero attached hydrogens (tertiary/aromatic N) is 2. The highest BCUT2D eigenvalue weighted by Crippen LogP contribution is 2.33. The molecule has 1 atom stereocenters. The molecule has 1 fully saturated rings. The molecule has 118 valence electrons. The molecular weight excluding hydrogens is 286 g/mol. The smallest absolute Gasteiger partial charge is 0.126 e. The van der Waals surface area contributed by atoms with Gasteiger partial charge in [-0.05, 0) is 30.7 Å². The molecule has 0 radical (unpaired) electrons. The standard InChI is InChI=1S/C19H21N3O/c1-2-5-15(6-3-1)13-23-19-8-4-7-18-17(19)12-22(14-21-18)16-9-10-20-11-16/h1-8,14,16,20H,9-13H2. The van der Waals surface area contributed by atoms with Gasteiger partial charge >= 0.3 is 0 Å². The summed E-state index contributed by atoms with van der Waals surface area (Å²) in [4.78, 5) is 6.96. The lowest BCUT2D eigenvalue weighted by atomic mass is 10.1. The Bertz CT molecular complexity index is 693. The van der Waals surface area contributed by atoms with Gasteiger partial charge < -0.3 is 15.0 Å². The minimum absolute atomic E-state index is 0.536. The first-order valence-electron chi connectivity index (χ1n) is 8.19. The van der Waals surface area contributed by atoms with E-state index in [1.165, 1.54) is 17.5 Å². The van der Waals surface area contributed by atoms with Gasteiger partial charge in [-0.25, -0.2) is 4.99 Å². The number of fused-ring (bicyclic) bond motifs is 1. The second kappa shape index (κ2) is 6.42. The molecule has 23 heavy (non-hydrogen) atoms. The van der Waals surface area contributed by atoms with Crippen LogP contribution in [0.15, 0.2) is 53.5 Å². The Balaban J connectivity index is 1.52. The molecule has 1 saturated heterocycles. The Morgan fingerprint density at radius 2 is 2.04 bits per heavy atom. The molecule has 2 heterocycles. The molecule has 0 spiro atoms. The van der Waals surface area contributed by atoms with Crippen LogP contribution in [0.1, 0.15) is 17.5 Å². The first-order chi connectivity index (χ1) is 11.4. The van der Waals surface area contributed by atoms with Gasteiger partial charge in [-0.1, -0.05) is 36.4 Å². The monoisotopic (exact) mass is 307 g/mol. The van der Waals surface area contributed by atoms with E-state index in [0.29, 0.717) is 12.6 Å². The lowest BCUT2D eigenvalue weighted by Crippen LogP contribution is -2.36. The van der Waals surface area contributed by atoms with E-state index in [4.69, 9.17) is 4.74 Å². The quantitative estimate of drug-likeness (QED) is 0.943. The molecule has 2 aliphatic heterocycles. The van der Waals surface area contributed by atoms with Crippen molar-refractivity contribution in [3.05, 3.63) is 59.7 Å². The van der Waals surface area contributed by atoms with Crippen molar-refractivity contribution in [3.8, 4) is 5.75 Å². The number of aliphatic imine (C=N–C) groups is 1. The molecule has 4 rings (SSSR count). The van der Waals surface area contributed by atoms with Gasteiger partial charge in [0.2, 0.25) is 0 Å². The van der Waals surface area contributed by atoms with Crippen LogP contribution in [0.3, 0.4) is 0 Å².